The van der Waals surface area contributed by atoms with Gasteiger partial charge in [0, 0.05) is 54.3 Å². The summed E-state index contributed by atoms with van der Waals surface area (Å²) < 4.78 is 13.1. The van der Waals surface area contributed by atoms with Crippen molar-refractivity contribution in [3.8, 4) is 29.0 Å². The summed E-state index contributed by atoms with van der Waals surface area (Å²) in [6.45, 7) is 0. The van der Waals surface area contributed by atoms with Gasteiger partial charge in [0.25, 0.3) is 0 Å². The molecule has 5 aromatic heterocycles. The van der Waals surface area contributed by atoms with Gasteiger partial charge in [-0.15, -0.1) is 0 Å². The van der Waals surface area contributed by atoms with Crippen molar-refractivity contribution in [2.24, 2.45) is 0 Å². The van der Waals surface area contributed by atoms with Crippen LogP contribution in [0.2, 0.25) is 0 Å². The Kier molecular flexibility index (Phi) is 6.32. The van der Waals surface area contributed by atoms with E-state index >= 15 is 0 Å². The molecule has 0 aliphatic rings. The minimum Gasteiger partial charge on any atom is -0.456 e. The van der Waals surface area contributed by atoms with Crippen molar-refractivity contribution in [2.75, 3.05) is 0 Å². The molecule has 0 fully saturated rings. The quantitative estimate of drug-likeness (QED) is 0.180. The molecule has 58 heavy (non-hydrogen) atoms. The number of para-hydroxylation sites is 6. The van der Waals surface area contributed by atoms with E-state index in [1.54, 1.807) is 0 Å². The molecule has 0 saturated heterocycles. The van der Waals surface area contributed by atoms with Crippen LogP contribution >= 0.6 is 0 Å². The lowest BCUT2D eigenvalue weighted by Gasteiger charge is -2.13. The molecule has 8 aromatic carbocycles. The summed E-state index contributed by atoms with van der Waals surface area (Å²) in [7, 11) is 0. The SMILES string of the molecule is c1ccc(-n2c3ccccc3c3cc4c5ccccc5n(-c5nc(-c6ccc7c(c6)oc6ccccc67)nc(-n6c7ccccc7c7ccccc76)n5)c4cc32)cc1. The Hall–Kier alpha value is -8.03. The molecule has 0 spiro atoms. The van der Waals surface area contributed by atoms with Crippen molar-refractivity contribution in [1.82, 2.24) is 28.7 Å². The highest BCUT2D eigenvalue weighted by Gasteiger charge is 2.23. The highest BCUT2D eigenvalue weighted by molar-refractivity contribution is 6.19. The maximum absolute atomic E-state index is 6.38. The number of aromatic nitrogens is 6. The fourth-order valence-corrected chi connectivity index (χ4v) is 9.19. The summed E-state index contributed by atoms with van der Waals surface area (Å²) in [5, 5.41) is 9.06. The Labute approximate surface area is 330 Å². The number of benzene rings is 8. The van der Waals surface area contributed by atoms with Crippen LogP contribution in [0.25, 0.3) is 116 Å². The number of nitrogens with zero attached hydrogens (tertiary/aromatic N) is 6. The van der Waals surface area contributed by atoms with Gasteiger partial charge in [0.15, 0.2) is 5.82 Å². The van der Waals surface area contributed by atoms with Crippen molar-refractivity contribution in [2.45, 2.75) is 0 Å². The molecule has 0 saturated carbocycles. The molecule has 0 bridgehead atoms. The zero-order valence-electron chi connectivity index (χ0n) is 30.9. The topological polar surface area (TPSA) is 66.6 Å². The molecular weight excluding hydrogens is 713 g/mol. The van der Waals surface area contributed by atoms with E-state index in [1.165, 1.54) is 10.8 Å². The number of fused-ring (bicyclic) bond motifs is 12. The van der Waals surface area contributed by atoms with E-state index in [2.05, 4.69) is 177 Å². The molecule has 0 unspecified atom stereocenters. The fraction of sp³-hybridized carbons (Fsp3) is 0. The monoisotopic (exact) mass is 742 g/mol. The lowest BCUT2D eigenvalue weighted by molar-refractivity contribution is 0.669. The van der Waals surface area contributed by atoms with Gasteiger partial charge in [-0.25, -0.2) is 0 Å². The van der Waals surface area contributed by atoms with E-state index in [0.717, 1.165) is 87.8 Å². The highest BCUT2D eigenvalue weighted by Crippen LogP contribution is 2.40. The molecule has 0 aliphatic heterocycles. The van der Waals surface area contributed by atoms with Crippen molar-refractivity contribution < 1.29 is 4.42 Å². The molecule has 0 aliphatic carbocycles. The van der Waals surface area contributed by atoms with Crippen LogP contribution in [-0.4, -0.2) is 28.7 Å². The average molecular weight is 743 g/mol. The van der Waals surface area contributed by atoms with Gasteiger partial charge in [-0.1, -0.05) is 115 Å². The third kappa shape index (κ3) is 4.35. The molecule has 0 N–H and O–H groups in total. The first-order valence-electron chi connectivity index (χ1n) is 19.5. The first-order chi connectivity index (χ1) is 28.8. The minimum absolute atomic E-state index is 0.527. The van der Waals surface area contributed by atoms with Crippen molar-refractivity contribution in [3.63, 3.8) is 0 Å². The number of furan rings is 1. The second kappa shape index (κ2) is 11.7. The van der Waals surface area contributed by atoms with Crippen LogP contribution in [0, 0.1) is 0 Å². The van der Waals surface area contributed by atoms with Gasteiger partial charge in [-0.2, -0.15) is 15.0 Å². The largest absolute Gasteiger partial charge is 0.456 e. The van der Waals surface area contributed by atoms with Gasteiger partial charge in [0.1, 0.15) is 11.2 Å². The van der Waals surface area contributed by atoms with Gasteiger partial charge >= 0.3 is 0 Å². The van der Waals surface area contributed by atoms with Crippen LogP contribution in [0.4, 0.5) is 0 Å². The lowest BCUT2D eigenvalue weighted by atomic mass is 10.1. The van der Waals surface area contributed by atoms with E-state index < -0.39 is 0 Å². The lowest BCUT2D eigenvalue weighted by Crippen LogP contribution is -2.10. The number of hydrogen-bond acceptors (Lipinski definition) is 4. The molecular formula is C51H30N6O. The van der Waals surface area contributed by atoms with Crippen LogP contribution in [-0.2, 0) is 0 Å². The molecule has 7 nitrogen and oxygen atoms in total. The molecule has 13 rings (SSSR count). The molecule has 13 aromatic rings. The predicted octanol–water partition coefficient (Wildman–Crippen LogP) is 12.7. The third-order valence-corrected chi connectivity index (χ3v) is 11.7. The zero-order chi connectivity index (χ0) is 37.9. The Morgan fingerprint density at radius 1 is 0.310 bits per heavy atom. The maximum atomic E-state index is 6.38. The van der Waals surface area contributed by atoms with Gasteiger partial charge < -0.3 is 8.98 Å². The van der Waals surface area contributed by atoms with Crippen LogP contribution in [0.15, 0.2) is 186 Å². The van der Waals surface area contributed by atoms with Crippen molar-refractivity contribution >= 4 is 87.4 Å². The summed E-state index contributed by atoms with van der Waals surface area (Å²) in [5.41, 5.74) is 9.91. The smallest absolute Gasteiger partial charge is 0.240 e. The van der Waals surface area contributed by atoms with Gasteiger partial charge in [-0.3, -0.25) is 9.13 Å². The second-order valence-corrected chi connectivity index (χ2v) is 14.9. The van der Waals surface area contributed by atoms with E-state index in [-0.39, 0.29) is 0 Å². The molecule has 0 atom stereocenters. The summed E-state index contributed by atoms with van der Waals surface area (Å²) in [5.74, 6) is 1.61. The fourth-order valence-electron chi connectivity index (χ4n) is 9.19. The molecule has 270 valence electrons. The minimum atomic E-state index is 0.527. The first kappa shape index (κ1) is 31.2. The number of hydrogen-bond donors (Lipinski definition) is 0. The van der Waals surface area contributed by atoms with Crippen LogP contribution in [0.1, 0.15) is 0 Å². The Morgan fingerprint density at radius 2 is 0.776 bits per heavy atom. The summed E-state index contributed by atoms with van der Waals surface area (Å²) >= 11 is 0. The van der Waals surface area contributed by atoms with Crippen molar-refractivity contribution in [3.05, 3.63) is 182 Å². The molecule has 7 heteroatoms. The summed E-state index contributed by atoms with van der Waals surface area (Å²) in [6, 6.07) is 63.7. The normalized spacial score (nSPS) is 12.1. The second-order valence-electron chi connectivity index (χ2n) is 14.9. The van der Waals surface area contributed by atoms with Gasteiger partial charge in [0.2, 0.25) is 11.9 Å². The highest BCUT2D eigenvalue weighted by atomic mass is 16.3. The Bertz CT molecular complexity index is 3760. The first-order valence-corrected chi connectivity index (χ1v) is 19.5. The van der Waals surface area contributed by atoms with Gasteiger partial charge in [-0.05, 0) is 66.7 Å². The summed E-state index contributed by atoms with van der Waals surface area (Å²) in [6.07, 6.45) is 0. The zero-order valence-corrected chi connectivity index (χ0v) is 30.9. The van der Waals surface area contributed by atoms with E-state index in [0.29, 0.717) is 17.7 Å². The van der Waals surface area contributed by atoms with Crippen molar-refractivity contribution in [1.29, 1.82) is 0 Å². The standard InChI is InChI=1S/C51H30N6O/c1-2-14-32(15-3-1)55-41-21-9-6-18-35(41)39-29-40-36-19-7-12-24-44(36)57(46(40)30-45(39)55)51-53-49(31-26-27-38-37-20-8-13-25-47(37)58-48(38)28-31)52-50(54-51)56-42-22-10-4-16-33(42)34-17-5-11-23-43(34)56/h1-30H. The van der Waals surface area contributed by atoms with Crippen LogP contribution < -0.4 is 0 Å². The maximum Gasteiger partial charge on any atom is 0.240 e. The van der Waals surface area contributed by atoms with Gasteiger partial charge in [0.05, 0.1) is 33.1 Å². The third-order valence-electron chi connectivity index (χ3n) is 11.7. The van der Waals surface area contributed by atoms with E-state index in [9.17, 15) is 0 Å². The van der Waals surface area contributed by atoms with Crippen LogP contribution in [0.3, 0.4) is 0 Å². The van der Waals surface area contributed by atoms with Crippen LogP contribution in [0.5, 0.6) is 0 Å². The predicted molar refractivity (Wildman–Crippen MR) is 236 cm³/mol. The van der Waals surface area contributed by atoms with E-state index in [1.807, 2.05) is 18.2 Å². The Balaban J connectivity index is 1.15. The summed E-state index contributed by atoms with van der Waals surface area (Å²) in [4.78, 5) is 16.1. The Morgan fingerprint density at radius 3 is 1.40 bits per heavy atom. The average Bonchev–Trinajstić information content (AvgIpc) is 4.02. The molecule has 0 radical (unpaired) electrons. The van der Waals surface area contributed by atoms with E-state index in [4.69, 9.17) is 19.4 Å². The molecule has 5 heterocycles. The molecule has 0 amide bonds. The number of rotatable bonds is 4.